The summed E-state index contributed by atoms with van der Waals surface area (Å²) in [6.45, 7) is 5.17. The fourth-order valence-electron chi connectivity index (χ4n) is 1.96. The van der Waals surface area contributed by atoms with Gasteiger partial charge in [-0.2, -0.15) is 0 Å². The molecule has 2 rings (SSSR count). The van der Waals surface area contributed by atoms with Crippen molar-refractivity contribution in [2.24, 2.45) is 0 Å². The van der Waals surface area contributed by atoms with Gasteiger partial charge in [0.15, 0.2) is 0 Å². The third-order valence-electron chi connectivity index (χ3n) is 3.11. The molecule has 0 radical (unpaired) electrons. The van der Waals surface area contributed by atoms with Crippen LogP contribution in [0.2, 0.25) is 0 Å². The summed E-state index contributed by atoms with van der Waals surface area (Å²) in [6.07, 6.45) is 0. The number of urea groups is 1. The molecular formula is C17H20N2O. The average Bonchev–Trinajstić information content (AvgIpc) is 2.45. The Morgan fingerprint density at radius 3 is 2.15 bits per heavy atom. The number of nitrogens with one attached hydrogen (secondary N) is 2. The maximum absolute atomic E-state index is 11.7. The van der Waals surface area contributed by atoms with E-state index in [1.165, 1.54) is 11.1 Å². The highest BCUT2D eigenvalue weighted by atomic mass is 16.2. The summed E-state index contributed by atoms with van der Waals surface area (Å²) >= 11 is 0. The number of benzene rings is 2. The van der Waals surface area contributed by atoms with Gasteiger partial charge in [-0.05, 0) is 25.0 Å². The van der Waals surface area contributed by atoms with Gasteiger partial charge in [-0.25, -0.2) is 4.79 Å². The Balaban J connectivity index is 1.77. The lowest BCUT2D eigenvalue weighted by Crippen LogP contribution is -2.34. The van der Waals surface area contributed by atoms with Crippen molar-refractivity contribution in [1.29, 1.82) is 0 Å². The van der Waals surface area contributed by atoms with Crippen LogP contribution in [-0.2, 0) is 13.1 Å². The van der Waals surface area contributed by atoms with Crippen LogP contribution in [0.4, 0.5) is 4.79 Å². The van der Waals surface area contributed by atoms with E-state index in [0.29, 0.717) is 13.1 Å². The lowest BCUT2D eigenvalue weighted by Gasteiger charge is -2.08. The monoisotopic (exact) mass is 268 g/mol. The van der Waals surface area contributed by atoms with Crippen LogP contribution in [-0.4, -0.2) is 6.03 Å². The minimum Gasteiger partial charge on any atom is -0.334 e. The molecule has 0 aliphatic heterocycles. The molecule has 0 saturated carbocycles. The molecule has 0 aliphatic carbocycles. The van der Waals surface area contributed by atoms with E-state index in [1.54, 1.807) is 0 Å². The Bertz CT molecular complexity index is 576. The summed E-state index contributed by atoms with van der Waals surface area (Å²) in [5.74, 6) is 0. The topological polar surface area (TPSA) is 41.1 Å². The van der Waals surface area contributed by atoms with Crippen molar-refractivity contribution in [3.8, 4) is 0 Å². The van der Waals surface area contributed by atoms with Crippen molar-refractivity contribution in [1.82, 2.24) is 10.6 Å². The second-order valence-corrected chi connectivity index (χ2v) is 5.01. The maximum Gasteiger partial charge on any atom is 0.315 e. The predicted molar refractivity (Wildman–Crippen MR) is 81.4 cm³/mol. The molecule has 2 aromatic carbocycles. The van der Waals surface area contributed by atoms with Crippen LogP contribution in [0.15, 0.2) is 48.5 Å². The first-order valence-corrected chi connectivity index (χ1v) is 6.76. The van der Waals surface area contributed by atoms with Gasteiger partial charge in [-0.3, -0.25) is 0 Å². The van der Waals surface area contributed by atoms with Gasteiger partial charge in [0.05, 0.1) is 0 Å². The SMILES string of the molecule is Cc1ccc(CNC(=O)NCc2cccc(C)c2)cc1. The normalized spacial score (nSPS) is 10.1. The molecule has 0 unspecified atom stereocenters. The molecule has 3 heteroatoms. The molecule has 2 N–H and O–H groups in total. The van der Waals surface area contributed by atoms with E-state index in [4.69, 9.17) is 0 Å². The molecular weight excluding hydrogens is 248 g/mol. The number of rotatable bonds is 4. The van der Waals surface area contributed by atoms with E-state index in [1.807, 2.05) is 56.3 Å². The van der Waals surface area contributed by atoms with Gasteiger partial charge < -0.3 is 10.6 Å². The molecule has 2 amide bonds. The Morgan fingerprint density at radius 2 is 1.50 bits per heavy atom. The van der Waals surface area contributed by atoms with Crippen LogP contribution in [0, 0.1) is 13.8 Å². The van der Waals surface area contributed by atoms with Gasteiger partial charge in [0.25, 0.3) is 0 Å². The van der Waals surface area contributed by atoms with Crippen molar-refractivity contribution < 1.29 is 4.79 Å². The number of carbonyl (C=O) groups is 1. The van der Waals surface area contributed by atoms with Crippen LogP contribution in [0.3, 0.4) is 0 Å². The summed E-state index contributed by atoms with van der Waals surface area (Å²) in [5.41, 5.74) is 4.62. The standard InChI is InChI=1S/C17H20N2O/c1-13-6-8-15(9-7-13)11-18-17(20)19-12-16-5-3-4-14(2)10-16/h3-10H,11-12H2,1-2H3,(H2,18,19,20). The molecule has 3 nitrogen and oxygen atoms in total. The van der Waals surface area contributed by atoms with Crippen molar-refractivity contribution >= 4 is 6.03 Å². The summed E-state index contributed by atoms with van der Waals surface area (Å²) in [6, 6.07) is 16.1. The van der Waals surface area contributed by atoms with Crippen LogP contribution < -0.4 is 10.6 Å². The fraction of sp³-hybridized carbons (Fsp3) is 0.235. The van der Waals surface area contributed by atoms with Gasteiger partial charge in [0.2, 0.25) is 0 Å². The minimum atomic E-state index is -0.146. The average molecular weight is 268 g/mol. The van der Waals surface area contributed by atoms with Crippen LogP contribution >= 0.6 is 0 Å². The smallest absolute Gasteiger partial charge is 0.315 e. The van der Waals surface area contributed by atoms with E-state index in [2.05, 4.69) is 16.7 Å². The van der Waals surface area contributed by atoms with Crippen LogP contribution in [0.1, 0.15) is 22.3 Å². The second kappa shape index (κ2) is 6.75. The quantitative estimate of drug-likeness (QED) is 0.877. The Hall–Kier alpha value is -2.29. The summed E-state index contributed by atoms with van der Waals surface area (Å²) in [4.78, 5) is 11.7. The maximum atomic E-state index is 11.7. The molecule has 0 saturated heterocycles. The van der Waals surface area contributed by atoms with Gasteiger partial charge in [0.1, 0.15) is 0 Å². The largest absolute Gasteiger partial charge is 0.334 e. The molecule has 0 atom stereocenters. The molecule has 0 spiro atoms. The first-order chi connectivity index (χ1) is 9.63. The third kappa shape index (κ3) is 4.43. The number of carbonyl (C=O) groups excluding carboxylic acids is 1. The van der Waals surface area contributed by atoms with Crippen molar-refractivity contribution in [3.63, 3.8) is 0 Å². The molecule has 0 bridgehead atoms. The zero-order valence-electron chi connectivity index (χ0n) is 11.9. The van der Waals surface area contributed by atoms with E-state index in [9.17, 15) is 4.79 Å². The molecule has 0 aliphatic rings. The Morgan fingerprint density at radius 1 is 0.850 bits per heavy atom. The Kier molecular flexibility index (Phi) is 4.77. The minimum absolute atomic E-state index is 0.146. The summed E-state index contributed by atoms with van der Waals surface area (Å²) in [7, 11) is 0. The molecule has 0 aromatic heterocycles. The zero-order chi connectivity index (χ0) is 14.4. The van der Waals surface area contributed by atoms with Gasteiger partial charge >= 0.3 is 6.03 Å². The highest BCUT2D eigenvalue weighted by Gasteiger charge is 2.00. The van der Waals surface area contributed by atoms with Gasteiger partial charge in [-0.1, -0.05) is 59.7 Å². The summed E-state index contributed by atoms with van der Waals surface area (Å²) in [5, 5.41) is 5.71. The van der Waals surface area contributed by atoms with E-state index < -0.39 is 0 Å². The van der Waals surface area contributed by atoms with E-state index >= 15 is 0 Å². The fourth-order valence-corrected chi connectivity index (χ4v) is 1.96. The van der Waals surface area contributed by atoms with E-state index in [0.717, 1.165) is 11.1 Å². The number of hydrogen-bond acceptors (Lipinski definition) is 1. The number of aryl methyl sites for hydroxylation is 2. The predicted octanol–water partition coefficient (Wildman–Crippen LogP) is 3.30. The van der Waals surface area contributed by atoms with Crippen molar-refractivity contribution in [3.05, 3.63) is 70.8 Å². The molecule has 2 aromatic rings. The van der Waals surface area contributed by atoms with Crippen molar-refractivity contribution in [2.75, 3.05) is 0 Å². The number of amides is 2. The zero-order valence-corrected chi connectivity index (χ0v) is 11.9. The van der Waals surface area contributed by atoms with Gasteiger partial charge in [0, 0.05) is 13.1 Å². The van der Waals surface area contributed by atoms with Gasteiger partial charge in [-0.15, -0.1) is 0 Å². The van der Waals surface area contributed by atoms with Crippen molar-refractivity contribution in [2.45, 2.75) is 26.9 Å². The molecule has 0 heterocycles. The molecule has 0 fully saturated rings. The highest BCUT2D eigenvalue weighted by molar-refractivity contribution is 5.73. The lowest BCUT2D eigenvalue weighted by atomic mass is 10.1. The highest BCUT2D eigenvalue weighted by Crippen LogP contribution is 2.04. The first kappa shape index (κ1) is 14.1. The number of hydrogen-bond donors (Lipinski definition) is 2. The third-order valence-corrected chi connectivity index (χ3v) is 3.11. The summed E-state index contributed by atoms with van der Waals surface area (Å²) < 4.78 is 0. The molecule has 20 heavy (non-hydrogen) atoms. The molecule has 104 valence electrons. The first-order valence-electron chi connectivity index (χ1n) is 6.76. The lowest BCUT2D eigenvalue weighted by molar-refractivity contribution is 0.240. The van der Waals surface area contributed by atoms with E-state index in [-0.39, 0.29) is 6.03 Å². The Labute approximate surface area is 120 Å². The van der Waals surface area contributed by atoms with Crippen LogP contribution in [0.5, 0.6) is 0 Å². The van der Waals surface area contributed by atoms with Crippen LogP contribution in [0.25, 0.3) is 0 Å². The second-order valence-electron chi connectivity index (χ2n) is 5.01.